The maximum Gasteiger partial charge on any atom is 0.216 e. The van der Waals surface area contributed by atoms with Crippen LogP contribution in [0.2, 0.25) is 5.02 Å². The van der Waals surface area contributed by atoms with Crippen LogP contribution in [0.4, 0.5) is 0 Å². The number of aryl methyl sites for hydroxylation is 1. The highest BCUT2D eigenvalue weighted by Gasteiger charge is 2.11. The van der Waals surface area contributed by atoms with Gasteiger partial charge in [-0.15, -0.1) is 0 Å². The molecular formula is C18H20ClN5S. The fraction of sp³-hybridized carbons (Fsp3) is 0.278. The van der Waals surface area contributed by atoms with Crippen LogP contribution < -0.4 is 0 Å². The van der Waals surface area contributed by atoms with Crippen LogP contribution in [-0.4, -0.2) is 25.7 Å². The van der Waals surface area contributed by atoms with E-state index in [1.807, 2.05) is 30.5 Å². The Labute approximate surface area is 157 Å². The Hall–Kier alpha value is -2.18. The highest BCUT2D eigenvalue weighted by molar-refractivity contribution is 7.71. The zero-order chi connectivity index (χ0) is 18.1. The molecule has 7 heteroatoms. The molecule has 25 heavy (non-hydrogen) atoms. The standard InChI is InChI=1S/C18H20ClN5S/c1-11(2)23-12(3)8-15(13(23)4)10-20-24-17(21-22-18(24)25)14-6-5-7-16(19)9-14/h5-11H,1-4H3,(H,22,25)/b20-10-. The number of aromatic nitrogens is 4. The zero-order valence-electron chi connectivity index (χ0n) is 14.6. The second-order valence-corrected chi connectivity index (χ2v) is 7.03. The summed E-state index contributed by atoms with van der Waals surface area (Å²) in [6.45, 7) is 8.54. The Balaban J connectivity index is 2.02. The maximum atomic E-state index is 6.08. The van der Waals surface area contributed by atoms with Crippen molar-refractivity contribution < 1.29 is 0 Å². The normalized spacial score (nSPS) is 11.8. The molecule has 1 aromatic carbocycles. The van der Waals surface area contributed by atoms with Gasteiger partial charge in [-0.25, -0.2) is 5.10 Å². The molecule has 2 aromatic heterocycles. The predicted molar refractivity (Wildman–Crippen MR) is 105 cm³/mol. The van der Waals surface area contributed by atoms with Crippen molar-refractivity contribution in [2.24, 2.45) is 5.10 Å². The molecule has 0 aliphatic heterocycles. The molecule has 5 nitrogen and oxygen atoms in total. The summed E-state index contributed by atoms with van der Waals surface area (Å²) in [5, 5.41) is 12.3. The van der Waals surface area contributed by atoms with Crippen LogP contribution in [-0.2, 0) is 0 Å². The maximum absolute atomic E-state index is 6.08. The molecule has 1 N–H and O–H groups in total. The minimum Gasteiger partial charge on any atom is -0.346 e. The fourth-order valence-corrected chi connectivity index (χ4v) is 3.43. The Morgan fingerprint density at radius 3 is 2.68 bits per heavy atom. The number of hydrogen-bond acceptors (Lipinski definition) is 3. The first kappa shape index (κ1) is 17.6. The van der Waals surface area contributed by atoms with Crippen LogP contribution in [0.15, 0.2) is 35.4 Å². The molecule has 3 aromatic rings. The van der Waals surface area contributed by atoms with Crippen LogP contribution in [0.25, 0.3) is 11.4 Å². The van der Waals surface area contributed by atoms with E-state index in [9.17, 15) is 0 Å². The Morgan fingerprint density at radius 2 is 2.04 bits per heavy atom. The van der Waals surface area contributed by atoms with E-state index in [1.165, 1.54) is 11.4 Å². The number of benzene rings is 1. The van der Waals surface area contributed by atoms with Gasteiger partial charge in [-0.2, -0.15) is 14.9 Å². The lowest BCUT2D eigenvalue weighted by Crippen LogP contribution is -2.05. The van der Waals surface area contributed by atoms with Crippen LogP contribution in [0.1, 0.15) is 36.8 Å². The Kier molecular flexibility index (Phi) is 4.92. The van der Waals surface area contributed by atoms with Crippen molar-refractivity contribution >= 4 is 30.0 Å². The van der Waals surface area contributed by atoms with Crippen LogP contribution in [0, 0.1) is 18.6 Å². The number of hydrogen-bond donors (Lipinski definition) is 1. The number of aromatic amines is 1. The van der Waals surface area contributed by atoms with Gasteiger partial charge in [-0.3, -0.25) is 0 Å². The average Bonchev–Trinajstić information content (AvgIpc) is 3.05. The van der Waals surface area contributed by atoms with Crippen molar-refractivity contribution in [3.05, 3.63) is 57.1 Å². The topological polar surface area (TPSA) is 50.9 Å². The van der Waals surface area contributed by atoms with Gasteiger partial charge in [0.05, 0.1) is 6.21 Å². The number of rotatable bonds is 4. The summed E-state index contributed by atoms with van der Waals surface area (Å²) in [5.74, 6) is 0.626. The van der Waals surface area contributed by atoms with E-state index in [0.29, 0.717) is 21.7 Å². The van der Waals surface area contributed by atoms with Crippen LogP contribution in [0.5, 0.6) is 0 Å². The van der Waals surface area contributed by atoms with Gasteiger partial charge in [0.25, 0.3) is 0 Å². The minimum absolute atomic E-state index is 0.403. The smallest absolute Gasteiger partial charge is 0.216 e. The first-order valence-corrected chi connectivity index (χ1v) is 8.83. The molecule has 0 atom stereocenters. The second-order valence-electron chi connectivity index (χ2n) is 6.21. The third kappa shape index (κ3) is 3.45. The summed E-state index contributed by atoms with van der Waals surface area (Å²) in [5.41, 5.74) is 4.30. The minimum atomic E-state index is 0.403. The Morgan fingerprint density at radius 1 is 1.28 bits per heavy atom. The predicted octanol–water partition coefficient (Wildman–Crippen LogP) is 5.14. The van der Waals surface area contributed by atoms with E-state index in [0.717, 1.165) is 11.1 Å². The van der Waals surface area contributed by atoms with Gasteiger partial charge in [-0.05, 0) is 58.1 Å². The third-order valence-corrected chi connectivity index (χ3v) is 4.58. The molecule has 130 valence electrons. The van der Waals surface area contributed by atoms with Crippen molar-refractivity contribution in [1.29, 1.82) is 0 Å². The average molecular weight is 374 g/mol. The molecule has 0 saturated heterocycles. The molecule has 0 aliphatic carbocycles. The van der Waals surface area contributed by atoms with E-state index in [1.54, 1.807) is 4.68 Å². The second kappa shape index (κ2) is 6.98. The number of nitrogens with one attached hydrogen (secondary N) is 1. The monoisotopic (exact) mass is 373 g/mol. The summed E-state index contributed by atoms with van der Waals surface area (Å²) in [4.78, 5) is 0. The summed E-state index contributed by atoms with van der Waals surface area (Å²) in [7, 11) is 0. The molecule has 0 spiro atoms. The number of halogens is 1. The highest BCUT2D eigenvalue weighted by atomic mass is 35.5. The summed E-state index contributed by atoms with van der Waals surface area (Å²) < 4.78 is 4.33. The molecule has 2 heterocycles. The van der Waals surface area contributed by atoms with E-state index in [-0.39, 0.29) is 0 Å². The van der Waals surface area contributed by atoms with E-state index in [4.69, 9.17) is 23.8 Å². The van der Waals surface area contributed by atoms with Gasteiger partial charge < -0.3 is 4.57 Å². The van der Waals surface area contributed by atoms with Gasteiger partial charge in [-0.1, -0.05) is 23.7 Å². The molecule has 0 bridgehead atoms. The first-order chi connectivity index (χ1) is 11.9. The van der Waals surface area contributed by atoms with Crippen molar-refractivity contribution in [3.63, 3.8) is 0 Å². The summed E-state index contributed by atoms with van der Waals surface area (Å²) in [6, 6.07) is 9.98. The third-order valence-electron chi connectivity index (χ3n) is 4.09. The SMILES string of the molecule is Cc1cc(/C=N\n2c(-c3cccc(Cl)c3)n[nH]c2=S)c(C)n1C(C)C. The lowest BCUT2D eigenvalue weighted by atomic mass is 10.2. The quantitative estimate of drug-likeness (QED) is 0.508. The largest absolute Gasteiger partial charge is 0.346 e. The van der Waals surface area contributed by atoms with Gasteiger partial charge in [0.15, 0.2) is 5.82 Å². The summed E-state index contributed by atoms with van der Waals surface area (Å²) in [6.07, 6.45) is 1.82. The molecule has 0 amide bonds. The van der Waals surface area contributed by atoms with Gasteiger partial charge in [0, 0.05) is 33.6 Å². The zero-order valence-corrected chi connectivity index (χ0v) is 16.2. The number of nitrogens with zero attached hydrogens (tertiary/aromatic N) is 4. The van der Waals surface area contributed by atoms with Gasteiger partial charge in [0.2, 0.25) is 4.77 Å². The van der Waals surface area contributed by atoms with Crippen molar-refractivity contribution in [3.8, 4) is 11.4 Å². The van der Waals surface area contributed by atoms with E-state index in [2.05, 4.69) is 53.6 Å². The molecular weight excluding hydrogens is 354 g/mol. The molecule has 0 radical (unpaired) electrons. The van der Waals surface area contributed by atoms with Gasteiger partial charge >= 0.3 is 0 Å². The van der Waals surface area contributed by atoms with Crippen LogP contribution in [0.3, 0.4) is 0 Å². The summed E-state index contributed by atoms with van der Waals surface area (Å²) >= 11 is 11.4. The van der Waals surface area contributed by atoms with Crippen LogP contribution >= 0.6 is 23.8 Å². The fourth-order valence-electron chi connectivity index (χ4n) is 3.06. The molecule has 0 unspecified atom stereocenters. The van der Waals surface area contributed by atoms with E-state index < -0.39 is 0 Å². The Bertz CT molecular complexity index is 993. The molecule has 0 saturated carbocycles. The van der Waals surface area contributed by atoms with Crippen molar-refractivity contribution in [2.45, 2.75) is 33.7 Å². The molecule has 3 rings (SSSR count). The first-order valence-electron chi connectivity index (χ1n) is 8.04. The molecule has 0 fully saturated rings. The highest BCUT2D eigenvalue weighted by Crippen LogP contribution is 2.22. The lowest BCUT2D eigenvalue weighted by Gasteiger charge is -2.13. The van der Waals surface area contributed by atoms with E-state index >= 15 is 0 Å². The van der Waals surface area contributed by atoms with Gasteiger partial charge in [0.1, 0.15) is 0 Å². The number of H-pyrrole nitrogens is 1. The lowest BCUT2D eigenvalue weighted by molar-refractivity contribution is 0.574. The molecule has 0 aliphatic rings. The van der Waals surface area contributed by atoms with Crippen molar-refractivity contribution in [1.82, 2.24) is 19.4 Å². The van der Waals surface area contributed by atoms with Crippen molar-refractivity contribution in [2.75, 3.05) is 0 Å².